The second-order valence-electron chi connectivity index (χ2n) is 5.50. The zero-order chi connectivity index (χ0) is 19.0. The van der Waals surface area contributed by atoms with Gasteiger partial charge in [0.05, 0.1) is 4.90 Å². The SMILES string of the molecule is C=CCNS(=O)(=O)c1ccc(NC(=O)COc2cccc(CC)c2)cc1. The smallest absolute Gasteiger partial charge is 0.262 e. The molecule has 1 amide bonds. The number of aryl methyl sites for hydroxylation is 1. The van der Waals surface area contributed by atoms with Crippen molar-refractivity contribution in [1.82, 2.24) is 4.72 Å². The Labute approximate surface area is 153 Å². The van der Waals surface area contributed by atoms with E-state index in [4.69, 9.17) is 4.74 Å². The molecule has 0 unspecified atom stereocenters. The number of sulfonamides is 1. The molecule has 0 spiro atoms. The van der Waals surface area contributed by atoms with Crippen LogP contribution >= 0.6 is 0 Å². The summed E-state index contributed by atoms with van der Waals surface area (Å²) in [5.74, 6) is 0.307. The summed E-state index contributed by atoms with van der Waals surface area (Å²) in [4.78, 5) is 12.1. The largest absolute Gasteiger partial charge is 0.484 e. The molecule has 0 fully saturated rings. The van der Waals surface area contributed by atoms with E-state index in [1.807, 2.05) is 25.1 Å². The van der Waals surface area contributed by atoms with Gasteiger partial charge in [0.2, 0.25) is 10.0 Å². The summed E-state index contributed by atoms with van der Waals surface area (Å²) in [6.45, 7) is 5.53. The fourth-order valence-electron chi connectivity index (χ4n) is 2.17. The Bertz CT molecular complexity index is 861. The van der Waals surface area contributed by atoms with E-state index >= 15 is 0 Å². The molecule has 0 bridgehead atoms. The van der Waals surface area contributed by atoms with Crippen molar-refractivity contribution in [1.29, 1.82) is 0 Å². The maximum absolute atomic E-state index is 12.0. The Morgan fingerprint density at radius 1 is 1.19 bits per heavy atom. The van der Waals surface area contributed by atoms with Crippen molar-refractivity contribution in [3.05, 3.63) is 66.7 Å². The average molecular weight is 374 g/mol. The molecule has 6 nitrogen and oxygen atoms in total. The van der Waals surface area contributed by atoms with Crippen LogP contribution in [0.4, 0.5) is 5.69 Å². The molecule has 0 aliphatic heterocycles. The van der Waals surface area contributed by atoms with E-state index in [1.165, 1.54) is 30.3 Å². The first-order valence-corrected chi connectivity index (χ1v) is 9.65. The van der Waals surface area contributed by atoms with Gasteiger partial charge in [-0.05, 0) is 48.4 Å². The van der Waals surface area contributed by atoms with Gasteiger partial charge in [-0.1, -0.05) is 25.1 Å². The van der Waals surface area contributed by atoms with Crippen LogP contribution in [-0.4, -0.2) is 27.5 Å². The van der Waals surface area contributed by atoms with E-state index < -0.39 is 10.0 Å². The van der Waals surface area contributed by atoms with Crippen molar-refractivity contribution < 1.29 is 17.9 Å². The summed E-state index contributed by atoms with van der Waals surface area (Å²) < 4.78 is 31.8. The van der Waals surface area contributed by atoms with E-state index in [2.05, 4.69) is 16.6 Å². The lowest BCUT2D eigenvalue weighted by Crippen LogP contribution is -2.23. The molecule has 0 radical (unpaired) electrons. The van der Waals surface area contributed by atoms with Crippen LogP contribution in [-0.2, 0) is 21.2 Å². The highest BCUT2D eigenvalue weighted by Crippen LogP contribution is 2.15. The molecule has 2 rings (SSSR count). The quantitative estimate of drug-likeness (QED) is 0.661. The Morgan fingerprint density at radius 2 is 1.92 bits per heavy atom. The highest BCUT2D eigenvalue weighted by molar-refractivity contribution is 7.89. The first-order valence-electron chi connectivity index (χ1n) is 8.17. The van der Waals surface area contributed by atoms with Crippen molar-refractivity contribution in [2.75, 3.05) is 18.5 Å². The van der Waals surface area contributed by atoms with E-state index in [-0.39, 0.29) is 24.0 Å². The van der Waals surface area contributed by atoms with Gasteiger partial charge in [-0.25, -0.2) is 13.1 Å². The van der Waals surface area contributed by atoms with Crippen LogP contribution in [0.25, 0.3) is 0 Å². The van der Waals surface area contributed by atoms with Crippen molar-refractivity contribution in [2.24, 2.45) is 0 Å². The maximum Gasteiger partial charge on any atom is 0.262 e. The van der Waals surface area contributed by atoms with Crippen LogP contribution in [0.5, 0.6) is 5.75 Å². The molecule has 0 heterocycles. The lowest BCUT2D eigenvalue weighted by Gasteiger charge is -2.09. The van der Waals surface area contributed by atoms with Crippen molar-refractivity contribution in [2.45, 2.75) is 18.2 Å². The first kappa shape index (κ1) is 19.7. The number of benzene rings is 2. The summed E-state index contributed by atoms with van der Waals surface area (Å²) >= 11 is 0. The van der Waals surface area contributed by atoms with Crippen LogP contribution in [0, 0.1) is 0 Å². The molecular formula is C19H22N2O4S. The molecular weight excluding hydrogens is 352 g/mol. The maximum atomic E-state index is 12.0. The van der Waals surface area contributed by atoms with Crippen LogP contribution in [0.3, 0.4) is 0 Å². The molecule has 138 valence electrons. The van der Waals surface area contributed by atoms with Crippen LogP contribution in [0.2, 0.25) is 0 Å². The van der Waals surface area contributed by atoms with Crippen molar-refractivity contribution in [3.8, 4) is 5.75 Å². The molecule has 0 aliphatic rings. The zero-order valence-electron chi connectivity index (χ0n) is 14.6. The highest BCUT2D eigenvalue weighted by atomic mass is 32.2. The van der Waals surface area contributed by atoms with Gasteiger partial charge in [0.15, 0.2) is 6.61 Å². The molecule has 2 N–H and O–H groups in total. The summed E-state index contributed by atoms with van der Waals surface area (Å²) in [7, 11) is -3.58. The normalized spacial score (nSPS) is 11.0. The molecule has 2 aromatic carbocycles. The number of carbonyl (C=O) groups is 1. The summed E-state index contributed by atoms with van der Waals surface area (Å²) in [5, 5.41) is 2.67. The molecule has 0 saturated carbocycles. The monoisotopic (exact) mass is 374 g/mol. The molecule has 2 aromatic rings. The number of amides is 1. The third-order valence-corrected chi connectivity index (χ3v) is 4.98. The Kier molecular flexibility index (Phi) is 6.94. The fourth-order valence-corrected chi connectivity index (χ4v) is 3.17. The summed E-state index contributed by atoms with van der Waals surface area (Å²) in [6, 6.07) is 13.5. The second-order valence-corrected chi connectivity index (χ2v) is 7.27. The molecule has 0 atom stereocenters. The summed E-state index contributed by atoms with van der Waals surface area (Å²) in [5.41, 5.74) is 1.62. The lowest BCUT2D eigenvalue weighted by molar-refractivity contribution is -0.118. The van der Waals surface area contributed by atoms with Gasteiger partial charge in [-0.3, -0.25) is 4.79 Å². The van der Waals surface area contributed by atoms with E-state index in [9.17, 15) is 13.2 Å². The predicted molar refractivity (Wildman–Crippen MR) is 102 cm³/mol. The first-order chi connectivity index (χ1) is 12.4. The van der Waals surface area contributed by atoms with E-state index in [0.717, 1.165) is 12.0 Å². The predicted octanol–water partition coefficient (Wildman–Crippen LogP) is 2.73. The topological polar surface area (TPSA) is 84.5 Å². The minimum absolute atomic E-state index is 0.116. The summed E-state index contributed by atoms with van der Waals surface area (Å²) in [6.07, 6.45) is 2.35. The Morgan fingerprint density at radius 3 is 2.58 bits per heavy atom. The Hall–Kier alpha value is -2.64. The van der Waals surface area contributed by atoms with Crippen LogP contribution < -0.4 is 14.8 Å². The van der Waals surface area contributed by atoms with Crippen LogP contribution in [0.15, 0.2) is 66.1 Å². The third-order valence-electron chi connectivity index (χ3n) is 3.54. The molecule has 0 aliphatic carbocycles. The number of ether oxygens (including phenoxy) is 1. The Balaban J connectivity index is 1.91. The number of carbonyl (C=O) groups excluding carboxylic acids is 1. The number of anilines is 1. The zero-order valence-corrected chi connectivity index (χ0v) is 15.4. The molecule has 0 aromatic heterocycles. The highest BCUT2D eigenvalue weighted by Gasteiger charge is 2.12. The van der Waals surface area contributed by atoms with Gasteiger partial charge in [-0.15, -0.1) is 6.58 Å². The fraction of sp³-hybridized carbons (Fsp3) is 0.211. The number of rotatable bonds is 9. The van der Waals surface area contributed by atoms with Gasteiger partial charge in [0.1, 0.15) is 5.75 Å². The standard InChI is InChI=1S/C19H22N2O4S/c1-3-12-20-26(23,24)18-10-8-16(9-11-18)21-19(22)14-25-17-7-5-6-15(4-2)13-17/h3,5-11,13,20H,1,4,12,14H2,2H3,(H,21,22). The lowest BCUT2D eigenvalue weighted by atomic mass is 10.2. The van der Waals surface area contributed by atoms with Gasteiger partial charge in [0, 0.05) is 12.2 Å². The molecule has 26 heavy (non-hydrogen) atoms. The number of nitrogens with one attached hydrogen (secondary N) is 2. The molecule has 7 heteroatoms. The molecule has 0 saturated heterocycles. The van der Waals surface area contributed by atoms with Gasteiger partial charge >= 0.3 is 0 Å². The van der Waals surface area contributed by atoms with Gasteiger partial charge in [-0.2, -0.15) is 0 Å². The minimum Gasteiger partial charge on any atom is -0.484 e. The van der Waals surface area contributed by atoms with Crippen LogP contribution in [0.1, 0.15) is 12.5 Å². The van der Waals surface area contributed by atoms with Gasteiger partial charge < -0.3 is 10.1 Å². The van der Waals surface area contributed by atoms with E-state index in [0.29, 0.717) is 11.4 Å². The average Bonchev–Trinajstić information content (AvgIpc) is 2.65. The number of hydrogen-bond donors (Lipinski definition) is 2. The minimum atomic E-state index is -3.58. The second kappa shape index (κ2) is 9.17. The van der Waals surface area contributed by atoms with Gasteiger partial charge in [0.25, 0.3) is 5.91 Å². The van der Waals surface area contributed by atoms with Crippen molar-refractivity contribution >= 4 is 21.6 Å². The van der Waals surface area contributed by atoms with E-state index in [1.54, 1.807) is 6.07 Å². The number of hydrogen-bond acceptors (Lipinski definition) is 4. The third kappa shape index (κ3) is 5.72. The van der Waals surface area contributed by atoms with Crippen molar-refractivity contribution in [3.63, 3.8) is 0 Å².